The quantitative estimate of drug-likeness (QED) is 0.816. The molecule has 1 aliphatic heterocycles. The van der Waals surface area contributed by atoms with E-state index in [0.29, 0.717) is 16.3 Å². The van der Waals surface area contributed by atoms with Gasteiger partial charge in [0.15, 0.2) is 0 Å². The summed E-state index contributed by atoms with van der Waals surface area (Å²) < 4.78 is 0. The Hall–Kier alpha value is -1.99. The Morgan fingerprint density at radius 1 is 1.50 bits per heavy atom. The van der Waals surface area contributed by atoms with Gasteiger partial charge >= 0.3 is 0 Å². The van der Waals surface area contributed by atoms with Gasteiger partial charge in [-0.1, -0.05) is 17.7 Å². The number of aromatic hydroxyl groups is 1. The van der Waals surface area contributed by atoms with E-state index >= 15 is 0 Å². The number of carbonyl (C=O) groups is 1. The summed E-state index contributed by atoms with van der Waals surface area (Å²) in [7, 11) is 0. The number of rotatable bonds is 1. The molecule has 0 saturated heterocycles. The molecule has 18 heavy (non-hydrogen) atoms. The highest BCUT2D eigenvalue weighted by atomic mass is 35.5. The van der Waals surface area contributed by atoms with Crippen LogP contribution in [-0.4, -0.2) is 11.0 Å². The maximum Gasteiger partial charge on any atom is 0.242 e. The number of allylic oxidation sites excluding steroid dienone is 2. The molecule has 4 nitrogen and oxygen atoms in total. The van der Waals surface area contributed by atoms with Crippen molar-refractivity contribution in [2.75, 3.05) is 0 Å². The van der Waals surface area contributed by atoms with Crippen molar-refractivity contribution in [1.29, 1.82) is 5.26 Å². The lowest BCUT2D eigenvalue weighted by atomic mass is 9.83. The van der Waals surface area contributed by atoms with Crippen molar-refractivity contribution in [3.05, 3.63) is 40.6 Å². The Morgan fingerprint density at radius 3 is 2.89 bits per heavy atom. The molecule has 1 aliphatic rings. The molecule has 1 aromatic carbocycles. The van der Waals surface area contributed by atoms with E-state index in [1.54, 1.807) is 25.1 Å². The zero-order valence-electron chi connectivity index (χ0n) is 9.64. The first-order valence-corrected chi connectivity index (χ1v) is 5.78. The van der Waals surface area contributed by atoms with Crippen molar-refractivity contribution in [3.63, 3.8) is 0 Å². The summed E-state index contributed by atoms with van der Waals surface area (Å²) in [6.07, 6.45) is 1.75. The van der Waals surface area contributed by atoms with Crippen LogP contribution in [0.2, 0.25) is 5.02 Å². The van der Waals surface area contributed by atoms with Crippen LogP contribution in [0.5, 0.6) is 5.75 Å². The van der Waals surface area contributed by atoms with Gasteiger partial charge in [0.05, 0.1) is 6.07 Å². The molecule has 2 atom stereocenters. The smallest absolute Gasteiger partial charge is 0.242 e. The normalized spacial score (nSPS) is 22.9. The van der Waals surface area contributed by atoms with E-state index in [4.69, 9.17) is 16.9 Å². The number of benzene rings is 1. The lowest BCUT2D eigenvalue weighted by Gasteiger charge is -2.25. The molecule has 2 N–H and O–H groups in total. The first kappa shape index (κ1) is 12.5. The Balaban J connectivity index is 2.53. The fourth-order valence-corrected chi connectivity index (χ4v) is 2.22. The molecular formula is C13H11ClN2O2. The highest BCUT2D eigenvalue weighted by Gasteiger charge is 2.33. The van der Waals surface area contributed by atoms with Gasteiger partial charge in [-0.05, 0) is 25.1 Å². The maximum atomic E-state index is 11.7. The number of nitrogens with zero attached hydrogens (tertiary/aromatic N) is 1. The molecule has 0 spiro atoms. The molecule has 0 aromatic heterocycles. The molecule has 1 amide bonds. The number of nitriles is 1. The van der Waals surface area contributed by atoms with Crippen LogP contribution in [0.3, 0.4) is 0 Å². The number of phenolic OH excluding ortho intramolecular Hbond substituents is 1. The third-order valence-electron chi connectivity index (χ3n) is 2.88. The second kappa shape index (κ2) is 4.71. The van der Waals surface area contributed by atoms with Crippen LogP contribution < -0.4 is 5.32 Å². The monoisotopic (exact) mass is 262 g/mol. The van der Waals surface area contributed by atoms with Gasteiger partial charge in [0, 0.05) is 22.2 Å². The number of halogens is 1. The highest BCUT2D eigenvalue weighted by molar-refractivity contribution is 6.30. The van der Waals surface area contributed by atoms with Crippen LogP contribution in [0, 0.1) is 17.2 Å². The molecule has 2 rings (SSSR count). The van der Waals surface area contributed by atoms with Gasteiger partial charge < -0.3 is 10.4 Å². The van der Waals surface area contributed by atoms with Gasteiger partial charge in [-0.3, -0.25) is 4.79 Å². The number of carbonyl (C=O) groups excluding carboxylic acids is 1. The summed E-state index contributed by atoms with van der Waals surface area (Å²) in [5.74, 6) is -1.68. The Morgan fingerprint density at radius 2 is 2.22 bits per heavy atom. The van der Waals surface area contributed by atoms with E-state index in [9.17, 15) is 9.90 Å². The van der Waals surface area contributed by atoms with Crippen LogP contribution in [0.25, 0.3) is 0 Å². The lowest BCUT2D eigenvalue weighted by Crippen LogP contribution is -2.36. The predicted molar refractivity (Wildman–Crippen MR) is 66.9 cm³/mol. The van der Waals surface area contributed by atoms with E-state index in [2.05, 4.69) is 5.32 Å². The fourth-order valence-electron chi connectivity index (χ4n) is 2.04. The van der Waals surface area contributed by atoms with Crippen molar-refractivity contribution in [3.8, 4) is 11.8 Å². The SMILES string of the molecule is CC1=CC(c2cc(Cl)ccc2O)C(C#N)C(=O)N1. The van der Waals surface area contributed by atoms with E-state index in [-0.39, 0.29) is 11.7 Å². The molecule has 0 aliphatic carbocycles. The van der Waals surface area contributed by atoms with Gasteiger partial charge in [-0.25, -0.2) is 0 Å². The topological polar surface area (TPSA) is 73.1 Å². The third-order valence-corrected chi connectivity index (χ3v) is 3.11. The second-order valence-electron chi connectivity index (χ2n) is 4.17. The van der Waals surface area contributed by atoms with Gasteiger partial charge in [0.1, 0.15) is 11.7 Å². The average Bonchev–Trinajstić information content (AvgIpc) is 2.31. The third kappa shape index (κ3) is 2.18. The molecule has 0 fully saturated rings. The van der Waals surface area contributed by atoms with Gasteiger partial charge in [-0.2, -0.15) is 5.26 Å². The van der Waals surface area contributed by atoms with Gasteiger partial charge in [0.2, 0.25) is 5.91 Å². The number of hydrogen-bond acceptors (Lipinski definition) is 3. The van der Waals surface area contributed by atoms with E-state index in [1.165, 1.54) is 6.07 Å². The van der Waals surface area contributed by atoms with Crippen LogP contribution in [0.4, 0.5) is 0 Å². The van der Waals surface area contributed by atoms with Crippen molar-refractivity contribution < 1.29 is 9.90 Å². The summed E-state index contributed by atoms with van der Waals surface area (Å²) in [5.41, 5.74) is 1.15. The summed E-state index contributed by atoms with van der Waals surface area (Å²) in [6.45, 7) is 1.74. The second-order valence-corrected chi connectivity index (χ2v) is 4.61. The molecule has 1 heterocycles. The maximum absolute atomic E-state index is 11.7. The molecule has 0 radical (unpaired) electrons. The van der Waals surface area contributed by atoms with Crippen LogP contribution >= 0.6 is 11.6 Å². The van der Waals surface area contributed by atoms with Crippen molar-refractivity contribution in [2.24, 2.45) is 5.92 Å². The number of nitrogens with one attached hydrogen (secondary N) is 1. The molecule has 5 heteroatoms. The number of hydrogen-bond donors (Lipinski definition) is 2. The van der Waals surface area contributed by atoms with Crippen molar-refractivity contribution in [2.45, 2.75) is 12.8 Å². The summed E-state index contributed by atoms with van der Waals surface area (Å²) in [5, 5.41) is 22.0. The largest absolute Gasteiger partial charge is 0.508 e. The summed E-state index contributed by atoms with van der Waals surface area (Å²) in [6, 6.07) is 6.55. The first-order valence-electron chi connectivity index (χ1n) is 5.40. The van der Waals surface area contributed by atoms with E-state index in [1.807, 2.05) is 6.07 Å². The van der Waals surface area contributed by atoms with E-state index < -0.39 is 11.8 Å². The van der Waals surface area contributed by atoms with Crippen molar-refractivity contribution >= 4 is 17.5 Å². The Kier molecular flexibility index (Phi) is 3.26. The van der Waals surface area contributed by atoms with Crippen LogP contribution in [-0.2, 0) is 4.79 Å². The zero-order valence-corrected chi connectivity index (χ0v) is 10.4. The molecular weight excluding hydrogens is 252 g/mol. The lowest BCUT2D eigenvalue weighted by molar-refractivity contribution is -0.123. The zero-order chi connectivity index (χ0) is 13.3. The standard InChI is InChI=1S/C13H11ClN2O2/c1-7-4-9(11(6-15)13(18)16-7)10-5-8(14)2-3-12(10)17/h2-5,9,11,17H,1H3,(H,16,18). The first-order chi connectivity index (χ1) is 8.52. The minimum Gasteiger partial charge on any atom is -0.508 e. The average molecular weight is 263 g/mol. The number of phenols is 1. The molecule has 92 valence electrons. The predicted octanol–water partition coefficient (Wildman–Crippen LogP) is 2.30. The fraction of sp³-hybridized carbons (Fsp3) is 0.231. The molecule has 1 aromatic rings. The summed E-state index contributed by atoms with van der Waals surface area (Å²) >= 11 is 5.88. The molecule has 2 unspecified atom stereocenters. The van der Waals surface area contributed by atoms with Gasteiger partial charge in [-0.15, -0.1) is 0 Å². The van der Waals surface area contributed by atoms with Gasteiger partial charge in [0.25, 0.3) is 0 Å². The highest BCUT2D eigenvalue weighted by Crippen LogP contribution is 2.36. The number of amides is 1. The Labute approximate surface area is 109 Å². The minimum absolute atomic E-state index is 0.0309. The van der Waals surface area contributed by atoms with E-state index in [0.717, 1.165) is 0 Å². The summed E-state index contributed by atoms with van der Waals surface area (Å²) in [4.78, 5) is 11.7. The molecule has 0 saturated carbocycles. The molecule has 0 bridgehead atoms. The Bertz CT molecular complexity index is 575. The minimum atomic E-state index is -0.863. The van der Waals surface area contributed by atoms with Crippen molar-refractivity contribution in [1.82, 2.24) is 5.32 Å². The van der Waals surface area contributed by atoms with Crippen LogP contribution in [0.15, 0.2) is 30.0 Å². The van der Waals surface area contributed by atoms with Crippen LogP contribution in [0.1, 0.15) is 18.4 Å².